The monoisotopic (exact) mass is 293 g/mol. The van der Waals surface area contributed by atoms with E-state index in [1.54, 1.807) is 6.07 Å². The zero-order chi connectivity index (χ0) is 15.5. The number of carboxylic acids is 1. The van der Waals surface area contributed by atoms with Crippen molar-refractivity contribution < 1.29 is 19.0 Å². The highest BCUT2D eigenvalue weighted by Crippen LogP contribution is 2.24. The smallest absolute Gasteiger partial charge is 0.328 e. The summed E-state index contributed by atoms with van der Waals surface area (Å²) in [5.41, 5.74) is 1.41. The normalized spacial score (nSPS) is 19.0. The summed E-state index contributed by atoms with van der Waals surface area (Å²) in [5.74, 6) is -1.41. The number of nitrogens with zero attached hydrogens (tertiary/aromatic N) is 1. The molecule has 1 aromatic carbocycles. The van der Waals surface area contributed by atoms with Crippen LogP contribution in [0.2, 0.25) is 0 Å². The Labute approximate surface area is 123 Å². The largest absolute Gasteiger partial charge is 0.478 e. The molecule has 1 heterocycles. The molecular formula is C16H20FNO3. The van der Waals surface area contributed by atoms with Gasteiger partial charge < -0.3 is 9.84 Å². The fourth-order valence-electron chi connectivity index (χ4n) is 2.42. The van der Waals surface area contributed by atoms with Gasteiger partial charge in [0.25, 0.3) is 0 Å². The average Bonchev–Trinajstić information content (AvgIpc) is 2.40. The van der Waals surface area contributed by atoms with E-state index in [9.17, 15) is 9.18 Å². The van der Waals surface area contributed by atoms with E-state index in [0.29, 0.717) is 25.3 Å². The summed E-state index contributed by atoms with van der Waals surface area (Å²) in [4.78, 5) is 12.9. The minimum absolute atomic E-state index is 0.0968. The Morgan fingerprint density at radius 2 is 2.29 bits per heavy atom. The fraction of sp³-hybridized carbons (Fsp3) is 0.438. The van der Waals surface area contributed by atoms with Crippen molar-refractivity contribution in [3.63, 3.8) is 0 Å². The van der Waals surface area contributed by atoms with Crippen LogP contribution in [0.4, 0.5) is 4.39 Å². The van der Waals surface area contributed by atoms with Crippen LogP contribution in [0, 0.1) is 5.82 Å². The minimum atomic E-state index is -1.04. The molecule has 0 spiro atoms. The number of hydrogen-bond acceptors (Lipinski definition) is 3. The van der Waals surface area contributed by atoms with E-state index in [4.69, 9.17) is 9.84 Å². The molecule has 21 heavy (non-hydrogen) atoms. The average molecular weight is 293 g/mol. The van der Waals surface area contributed by atoms with Crippen LogP contribution in [0.25, 0.3) is 6.08 Å². The molecule has 0 bridgehead atoms. The topological polar surface area (TPSA) is 49.8 Å². The number of ether oxygens (including phenoxy) is 1. The molecule has 1 aliphatic heterocycles. The maximum atomic E-state index is 13.4. The molecule has 0 saturated carbocycles. The minimum Gasteiger partial charge on any atom is -0.478 e. The highest BCUT2D eigenvalue weighted by Gasteiger charge is 2.30. The van der Waals surface area contributed by atoms with Gasteiger partial charge in [0, 0.05) is 24.7 Å². The number of benzene rings is 1. The first kappa shape index (κ1) is 15.7. The van der Waals surface area contributed by atoms with Gasteiger partial charge >= 0.3 is 5.97 Å². The molecule has 0 radical (unpaired) electrons. The molecule has 0 aromatic heterocycles. The zero-order valence-electron chi connectivity index (χ0n) is 12.3. The van der Waals surface area contributed by atoms with Crippen molar-refractivity contribution in [1.29, 1.82) is 0 Å². The molecule has 0 atom stereocenters. The molecule has 1 aliphatic rings. The molecule has 0 aliphatic carbocycles. The number of hydrogen-bond donors (Lipinski definition) is 1. The third-order valence-electron chi connectivity index (χ3n) is 3.69. The molecule has 1 aromatic rings. The van der Waals surface area contributed by atoms with E-state index in [-0.39, 0.29) is 11.4 Å². The van der Waals surface area contributed by atoms with Gasteiger partial charge in [0.2, 0.25) is 0 Å². The van der Waals surface area contributed by atoms with Crippen LogP contribution in [-0.4, -0.2) is 41.3 Å². The summed E-state index contributed by atoms with van der Waals surface area (Å²) in [5, 5.41) is 8.73. The lowest BCUT2D eigenvalue weighted by molar-refractivity contribution is -0.131. The van der Waals surface area contributed by atoms with Gasteiger partial charge in [0.05, 0.1) is 13.2 Å². The molecule has 5 heteroatoms. The highest BCUT2D eigenvalue weighted by atomic mass is 19.1. The van der Waals surface area contributed by atoms with Crippen molar-refractivity contribution in [3.05, 3.63) is 41.2 Å². The number of aliphatic carboxylic acids is 1. The van der Waals surface area contributed by atoms with E-state index < -0.39 is 5.97 Å². The molecule has 1 saturated heterocycles. The fourth-order valence-corrected chi connectivity index (χ4v) is 2.42. The maximum absolute atomic E-state index is 13.4. The third kappa shape index (κ3) is 4.12. The van der Waals surface area contributed by atoms with Gasteiger partial charge in [-0.15, -0.1) is 0 Å². The highest BCUT2D eigenvalue weighted by molar-refractivity contribution is 5.85. The SMILES string of the molecule is CC1(C)COCCN1Cc1ccc(F)cc1C=CC(=O)O. The van der Waals surface area contributed by atoms with Gasteiger partial charge in [-0.05, 0) is 43.2 Å². The second-order valence-electron chi connectivity index (χ2n) is 5.80. The molecule has 2 rings (SSSR count). The molecule has 1 N–H and O–H groups in total. The number of rotatable bonds is 4. The molecule has 0 unspecified atom stereocenters. The summed E-state index contributed by atoms with van der Waals surface area (Å²) in [7, 11) is 0. The Morgan fingerprint density at radius 1 is 1.52 bits per heavy atom. The Bertz CT molecular complexity index is 554. The van der Waals surface area contributed by atoms with Gasteiger partial charge in [-0.2, -0.15) is 0 Å². The van der Waals surface area contributed by atoms with Crippen molar-refractivity contribution >= 4 is 12.0 Å². The van der Waals surface area contributed by atoms with Crippen LogP contribution in [0.5, 0.6) is 0 Å². The summed E-state index contributed by atoms with van der Waals surface area (Å²) >= 11 is 0. The van der Waals surface area contributed by atoms with Crippen LogP contribution in [0.15, 0.2) is 24.3 Å². The van der Waals surface area contributed by atoms with Crippen molar-refractivity contribution in [1.82, 2.24) is 4.90 Å². The number of carboxylic acid groups (broad SMARTS) is 1. The Balaban J connectivity index is 2.24. The lowest BCUT2D eigenvalue weighted by atomic mass is 9.99. The third-order valence-corrected chi connectivity index (χ3v) is 3.69. The van der Waals surface area contributed by atoms with E-state index in [1.165, 1.54) is 18.2 Å². The first-order chi connectivity index (χ1) is 9.88. The van der Waals surface area contributed by atoms with Crippen LogP contribution in [0.1, 0.15) is 25.0 Å². The van der Waals surface area contributed by atoms with Crippen molar-refractivity contribution in [2.45, 2.75) is 25.9 Å². The molecular weight excluding hydrogens is 273 g/mol. The lowest BCUT2D eigenvalue weighted by Crippen LogP contribution is -2.52. The Kier molecular flexibility index (Phi) is 4.75. The quantitative estimate of drug-likeness (QED) is 0.867. The Hall–Kier alpha value is -1.72. The van der Waals surface area contributed by atoms with Gasteiger partial charge in [-0.25, -0.2) is 9.18 Å². The second kappa shape index (κ2) is 6.37. The molecule has 4 nitrogen and oxygen atoms in total. The van der Waals surface area contributed by atoms with Crippen molar-refractivity contribution in [3.8, 4) is 0 Å². The van der Waals surface area contributed by atoms with E-state index in [2.05, 4.69) is 18.7 Å². The molecule has 1 fully saturated rings. The summed E-state index contributed by atoms with van der Waals surface area (Å²) in [6.45, 7) is 6.95. The standard InChI is InChI=1S/C16H20FNO3/c1-16(2)11-21-8-7-18(16)10-13-3-5-14(17)9-12(13)4-6-15(19)20/h3-6,9H,7-8,10-11H2,1-2H3,(H,19,20). The van der Waals surface area contributed by atoms with Crippen molar-refractivity contribution in [2.24, 2.45) is 0 Å². The second-order valence-corrected chi connectivity index (χ2v) is 5.80. The summed E-state index contributed by atoms with van der Waals surface area (Å²) < 4.78 is 18.9. The predicted octanol–water partition coefficient (Wildman–Crippen LogP) is 2.53. The summed E-state index contributed by atoms with van der Waals surface area (Å²) in [6.07, 6.45) is 2.47. The van der Waals surface area contributed by atoms with E-state index >= 15 is 0 Å². The number of morpholine rings is 1. The Morgan fingerprint density at radius 3 is 2.95 bits per heavy atom. The van der Waals surface area contributed by atoms with Crippen LogP contribution >= 0.6 is 0 Å². The van der Waals surface area contributed by atoms with Crippen molar-refractivity contribution in [2.75, 3.05) is 19.8 Å². The van der Waals surface area contributed by atoms with Gasteiger partial charge in [-0.3, -0.25) is 4.90 Å². The van der Waals surface area contributed by atoms with Gasteiger partial charge in [0.15, 0.2) is 0 Å². The van der Waals surface area contributed by atoms with Gasteiger partial charge in [0.1, 0.15) is 5.82 Å². The number of halogens is 1. The van der Waals surface area contributed by atoms with E-state index in [0.717, 1.165) is 18.2 Å². The molecule has 0 amide bonds. The van der Waals surface area contributed by atoms with Crippen LogP contribution in [0.3, 0.4) is 0 Å². The predicted molar refractivity (Wildman–Crippen MR) is 78.4 cm³/mol. The first-order valence-corrected chi connectivity index (χ1v) is 6.91. The zero-order valence-corrected chi connectivity index (χ0v) is 12.3. The van der Waals surface area contributed by atoms with E-state index in [1.807, 2.05) is 0 Å². The lowest BCUT2D eigenvalue weighted by Gasteiger charge is -2.42. The number of carbonyl (C=O) groups is 1. The van der Waals surface area contributed by atoms with Crippen LogP contribution in [-0.2, 0) is 16.1 Å². The molecule has 114 valence electrons. The summed E-state index contributed by atoms with van der Waals surface area (Å²) in [6, 6.07) is 4.48. The maximum Gasteiger partial charge on any atom is 0.328 e. The van der Waals surface area contributed by atoms with Gasteiger partial charge in [-0.1, -0.05) is 6.07 Å². The van der Waals surface area contributed by atoms with Crippen LogP contribution < -0.4 is 0 Å². The first-order valence-electron chi connectivity index (χ1n) is 6.91.